The normalized spacial score (nSPS) is 18.9. The number of hydrogen-bond acceptors (Lipinski definition) is 5. The van der Waals surface area contributed by atoms with Crippen LogP contribution in [0.1, 0.15) is 28.8 Å². The Bertz CT molecular complexity index is 859. The van der Waals surface area contributed by atoms with Crippen molar-refractivity contribution in [3.05, 3.63) is 46.2 Å². The summed E-state index contributed by atoms with van der Waals surface area (Å²) < 4.78 is 32.0. The zero-order valence-corrected chi connectivity index (χ0v) is 15.9. The highest BCUT2D eigenvalue weighted by Crippen LogP contribution is 2.28. The van der Waals surface area contributed by atoms with E-state index >= 15 is 0 Å². The molecule has 0 radical (unpaired) electrons. The van der Waals surface area contributed by atoms with Gasteiger partial charge in [0.15, 0.2) is 5.78 Å². The number of nitrogens with zero attached hydrogens (tertiary/aromatic N) is 1. The van der Waals surface area contributed by atoms with Crippen molar-refractivity contribution < 1.29 is 17.9 Å². The first kappa shape index (κ1) is 18.1. The molecule has 134 valence electrons. The number of ketones is 1. The maximum absolute atomic E-state index is 12.9. The summed E-state index contributed by atoms with van der Waals surface area (Å²) in [6.07, 6.45) is 1.40. The zero-order valence-electron chi connectivity index (χ0n) is 14.3. The SMILES string of the molecule is COc1ccc(C(=O)[C@@H]2CCCN(S(=O)(=O)c3ccsc3)C2)c(C)c1. The van der Waals surface area contributed by atoms with E-state index in [0.29, 0.717) is 35.6 Å². The van der Waals surface area contributed by atoms with Gasteiger partial charge in [-0.1, -0.05) is 0 Å². The smallest absolute Gasteiger partial charge is 0.243 e. The molecular weight excluding hydrogens is 358 g/mol. The number of piperidine rings is 1. The first-order chi connectivity index (χ1) is 11.9. The van der Waals surface area contributed by atoms with Crippen LogP contribution in [-0.4, -0.2) is 38.7 Å². The topological polar surface area (TPSA) is 63.7 Å². The molecule has 0 bridgehead atoms. The average molecular weight is 380 g/mol. The number of hydrogen-bond donors (Lipinski definition) is 0. The molecular formula is C18H21NO4S2. The molecule has 0 spiro atoms. The number of thiophene rings is 1. The van der Waals surface area contributed by atoms with Crippen LogP contribution in [0.2, 0.25) is 0 Å². The summed E-state index contributed by atoms with van der Waals surface area (Å²) in [5.74, 6) is 0.402. The lowest BCUT2D eigenvalue weighted by Crippen LogP contribution is -2.42. The predicted molar refractivity (Wildman–Crippen MR) is 97.9 cm³/mol. The Morgan fingerprint density at radius 1 is 1.32 bits per heavy atom. The standard InChI is InChI=1S/C18H21NO4S2/c1-13-10-15(23-2)5-6-17(13)18(20)14-4-3-8-19(11-14)25(21,22)16-7-9-24-12-16/h5-7,9-10,12,14H,3-4,8,11H2,1-2H3/t14-/m1/s1. The summed E-state index contributed by atoms with van der Waals surface area (Å²) in [6.45, 7) is 2.57. The van der Waals surface area contributed by atoms with Gasteiger partial charge in [-0.05, 0) is 55.0 Å². The van der Waals surface area contributed by atoms with Crippen LogP contribution in [-0.2, 0) is 10.0 Å². The van der Waals surface area contributed by atoms with Crippen LogP contribution in [0.3, 0.4) is 0 Å². The van der Waals surface area contributed by atoms with E-state index in [2.05, 4.69) is 0 Å². The van der Waals surface area contributed by atoms with Crippen molar-refractivity contribution in [1.29, 1.82) is 0 Å². The number of carbonyl (C=O) groups is 1. The Kier molecular flexibility index (Phi) is 5.27. The molecule has 2 heterocycles. The largest absolute Gasteiger partial charge is 0.497 e. The molecule has 1 atom stereocenters. The molecule has 0 amide bonds. The van der Waals surface area contributed by atoms with E-state index < -0.39 is 10.0 Å². The molecule has 1 saturated heterocycles. The van der Waals surface area contributed by atoms with Gasteiger partial charge in [0.2, 0.25) is 10.0 Å². The molecule has 25 heavy (non-hydrogen) atoms. The van der Waals surface area contributed by atoms with Crippen molar-refractivity contribution in [2.75, 3.05) is 20.2 Å². The molecule has 0 N–H and O–H groups in total. The lowest BCUT2D eigenvalue weighted by atomic mass is 9.89. The molecule has 0 unspecified atom stereocenters. The zero-order chi connectivity index (χ0) is 18.0. The van der Waals surface area contributed by atoms with Gasteiger partial charge in [-0.15, -0.1) is 0 Å². The Balaban J connectivity index is 1.81. The number of sulfonamides is 1. The van der Waals surface area contributed by atoms with Gasteiger partial charge in [0.1, 0.15) is 5.75 Å². The second-order valence-electron chi connectivity index (χ2n) is 6.21. The Morgan fingerprint density at radius 3 is 2.76 bits per heavy atom. The van der Waals surface area contributed by atoms with Crippen LogP contribution in [0.25, 0.3) is 0 Å². The Labute approximate surface area is 152 Å². The van der Waals surface area contributed by atoms with Crippen molar-refractivity contribution >= 4 is 27.1 Å². The minimum atomic E-state index is -3.52. The molecule has 1 aliphatic heterocycles. The van der Waals surface area contributed by atoms with Gasteiger partial charge in [-0.3, -0.25) is 4.79 Å². The summed E-state index contributed by atoms with van der Waals surface area (Å²) in [5.41, 5.74) is 1.49. The van der Waals surface area contributed by atoms with E-state index in [0.717, 1.165) is 5.56 Å². The molecule has 1 aromatic heterocycles. The molecule has 2 aromatic rings. The highest BCUT2D eigenvalue weighted by atomic mass is 32.2. The molecule has 3 rings (SSSR count). The van der Waals surface area contributed by atoms with Gasteiger partial charge in [0, 0.05) is 30.0 Å². The number of carbonyl (C=O) groups excluding carboxylic acids is 1. The maximum atomic E-state index is 12.9. The van der Waals surface area contributed by atoms with Crippen molar-refractivity contribution in [3.8, 4) is 5.75 Å². The fraction of sp³-hybridized carbons (Fsp3) is 0.389. The third-order valence-electron chi connectivity index (χ3n) is 4.59. The minimum absolute atomic E-state index is 0.00497. The first-order valence-electron chi connectivity index (χ1n) is 8.14. The van der Waals surface area contributed by atoms with Crippen LogP contribution >= 0.6 is 11.3 Å². The summed E-state index contributed by atoms with van der Waals surface area (Å²) in [5, 5.41) is 3.38. The van der Waals surface area contributed by atoms with Gasteiger partial charge in [0.05, 0.1) is 12.0 Å². The molecule has 0 aliphatic carbocycles. The molecule has 5 nitrogen and oxygen atoms in total. The van der Waals surface area contributed by atoms with Gasteiger partial charge in [-0.25, -0.2) is 8.42 Å². The number of methoxy groups -OCH3 is 1. The Morgan fingerprint density at radius 2 is 2.12 bits per heavy atom. The summed E-state index contributed by atoms with van der Waals surface area (Å²) >= 11 is 1.36. The predicted octanol–water partition coefficient (Wildman–Crippen LogP) is 3.35. The van der Waals surface area contributed by atoms with Crippen LogP contribution in [0, 0.1) is 12.8 Å². The highest BCUT2D eigenvalue weighted by molar-refractivity contribution is 7.89. The second-order valence-corrected chi connectivity index (χ2v) is 8.92. The number of ether oxygens (including phenoxy) is 1. The average Bonchev–Trinajstić information content (AvgIpc) is 3.16. The molecule has 1 aliphatic rings. The summed E-state index contributed by atoms with van der Waals surface area (Å²) in [4.78, 5) is 13.2. The fourth-order valence-corrected chi connectivity index (χ4v) is 5.72. The second kappa shape index (κ2) is 7.27. The van der Waals surface area contributed by atoms with Gasteiger partial charge >= 0.3 is 0 Å². The fourth-order valence-electron chi connectivity index (χ4n) is 3.18. The van der Waals surface area contributed by atoms with Gasteiger partial charge < -0.3 is 4.74 Å². The van der Waals surface area contributed by atoms with E-state index in [9.17, 15) is 13.2 Å². The Hall–Kier alpha value is -1.70. The van der Waals surface area contributed by atoms with E-state index in [1.54, 1.807) is 36.1 Å². The number of rotatable bonds is 5. The number of Topliss-reactive ketones (excluding diaryl/α,β-unsaturated/α-hetero) is 1. The number of benzene rings is 1. The molecule has 1 aromatic carbocycles. The summed E-state index contributed by atoms with van der Waals surface area (Å²) in [6, 6.07) is 6.97. The van der Waals surface area contributed by atoms with Crippen LogP contribution in [0.5, 0.6) is 5.75 Å². The summed E-state index contributed by atoms with van der Waals surface area (Å²) in [7, 11) is -1.93. The third kappa shape index (κ3) is 3.63. The van der Waals surface area contributed by atoms with E-state index in [4.69, 9.17) is 4.74 Å². The van der Waals surface area contributed by atoms with Crippen molar-refractivity contribution in [3.63, 3.8) is 0 Å². The monoisotopic (exact) mass is 379 g/mol. The number of aryl methyl sites for hydroxylation is 1. The van der Waals surface area contributed by atoms with E-state index in [1.807, 2.05) is 13.0 Å². The quantitative estimate of drug-likeness (QED) is 0.748. The van der Waals surface area contributed by atoms with Crippen LogP contribution in [0.15, 0.2) is 39.9 Å². The van der Waals surface area contributed by atoms with Crippen molar-refractivity contribution in [2.24, 2.45) is 5.92 Å². The minimum Gasteiger partial charge on any atom is -0.497 e. The molecule has 0 saturated carbocycles. The van der Waals surface area contributed by atoms with Crippen LogP contribution in [0.4, 0.5) is 0 Å². The first-order valence-corrected chi connectivity index (χ1v) is 10.5. The highest BCUT2D eigenvalue weighted by Gasteiger charge is 2.34. The van der Waals surface area contributed by atoms with Crippen molar-refractivity contribution in [1.82, 2.24) is 4.31 Å². The van der Waals surface area contributed by atoms with Gasteiger partial charge in [-0.2, -0.15) is 15.6 Å². The maximum Gasteiger partial charge on any atom is 0.243 e. The molecule has 7 heteroatoms. The third-order valence-corrected chi connectivity index (χ3v) is 7.28. The van der Waals surface area contributed by atoms with Gasteiger partial charge in [0.25, 0.3) is 0 Å². The van der Waals surface area contributed by atoms with E-state index in [1.165, 1.54) is 15.6 Å². The lowest BCUT2D eigenvalue weighted by Gasteiger charge is -2.31. The van der Waals surface area contributed by atoms with E-state index in [-0.39, 0.29) is 18.2 Å². The van der Waals surface area contributed by atoms with Crippen LogP contribution < -0.4 is 4.74 Å². The van der Waals surface area contributed by atoms with Crippen molar-refractivity contribution in [2.45, 2.75) is 24.7 Å². The molecule has 1 fully saturated rings. The lowest BCUT2D eigenvalue weighted by molar-refractivity contribution is 0.0872.